The Kier molecular flexibility index (Phi) is 7.89. The van der Waals surface area contributed by atoms with E-state index in [1.807, 2.05) is 78.9 Å². The lowest BCUT2D eigenvalue weighted by atomic mass is 9.94. The van der Waals surface area contributed by atoms with Crippen molar-refractivity contribution in [3.05, 3.63) is 115 Å². The van der Waals surface area contributed by atoms with Crippen LogP contribution in [0.5, 0.6) is 0 Å². The van der Waals surface area contributed by atoms with E-state index in [2.05, 4.69) is 39.2 Å². The van der Waals surface area contributed by atoms with Crippen molar-refractivity contribution in [2.45, 2.75) is 4.90 Å². The van der Waals surface area contributed by atoms with Crippen molar-refractivity contribution in [1.82, 2.24) is 5.32 Å². The number of rotatable bonds is 6. The Morgan fingerprint density at radius 2 is 1.26 bits per heavy atom. The Morgan fingerprint density at radius 3 is 2.00 bits per heavy atom. The van der Waals surface area contributed by atoms with Gasteiger partial charge in [0.05, 0.1) is 4.90 Å². The number of hydrogen-bond acceptors (Lipinski definition) is 4. The number of fused-ring (bicyclic) bond motifs is 1. The van der Waals surface area contributed by atoms with Gasteiger partial charge in [0.2, 0.25) is 0 Å². The van der Waals surface area contributed by atoms with Crippen LogP contribution in [0.3, 0.4) is 0 Å². The van der Waals surface area contributed by atoms with E-state index >= 15 is 0 Å². The van der Waals surface area contributed by atoms with E-state index in [9.17, 15) is 8.42 Å². The zero-order valence-corrected chi connectivity index (χ0v) is 23.0. The molecule has 1 aliphatic heterocycles. The van der Waals surface area contributed by atoms with Crippen LogP contribution >= 0.6 is 12.4 Å². The molecule has 198 valence electrons. The Labute approximate surface area is 236 Å². The Bertz CT molecular complexity index is 1700. The summed E-state index contributed by atoms with van der Waals surface area (Å²) in [6, 6.07) is 37.4. The van der Waals surface area contributed by atoms with Crippen LogP contribution in [-0.4, -0.2) is 34.6 Å². The molecule has 0 atom stereocenters. The topological polar surface area (TPSA) is 61.4 Å². The standard InChI is InChI=1S/C32H29N3O2S.ClH/c36-38(37,32-18-17-31(35-21-19-33-20-22-35)29-15-6-7-16-30(29)32)34-26-12-8-11-25(23-26)28-14-5-4-13-27(28)24-9-2-1-3-10-24;/h1-18,23,33-34H,19-22H2;1H. The monoisotopic (exact) mass is 555 g/mol. The zero-order chi connectivity index (χ0) is 26.0. The smallest absolute Gasteiger partial charge is 0.262 e. The third-order valence-corrected chi connectivity index (χ3v) is 8.49. The molecule has 0 spiro atoms. The highest BCUT2D eigenvalue weighted by Gasteiger charge is 2.21. The van der Waals surface area contributed by atoms with Gasteiger partial charge in [0.1, 0.15) is 0 Å². The highest BCUT2D eigenvalue weighted by molar-refractivity contribution is 7.93. The Hall–Kier alpha value is -3.84. The van der Waals surface area contributed by atoms with Crippen molar-refractivity contribution in [3.63, 3.8) is 0 Å². The van der Waals surface area contributed by atoms with Crippen LogP contribution in [0, 0.1) is 0 Å². The molecule has 0 saturated carbocycles. The third-order valence-electron chi connectivity index (χ3n) is 7.05. The molecule has 5 aromatic rings. The molecular formula is C32H30ClN3O2S. The largest absolute Gasteiger partial charge is 0.368 e. The van der Waals surface area contributed by atoms with Crippen molar-refractivity contribution in [2.75, 3.05) is 35.8 Å². The molecule has 6 rings (SSSR count). The third kappa shape index (κ3) is 5.50. The predicted octanol–water partition coefficient (Wildman–Crippen LogP) is 6.81. The van der Waals surface area contributed by atoms with Gasteiger partial charge in [0.15, 0.2) is 0 Å². The predicted molar refractivity (Wildman–Crippen MR) is 164 cm³/mol. The highest BCUT2D eigenvalue weighted by Crippen LogP contribution is 2.35. The number of sulfonamides is 1. The van der Waals surface area contributed by atoms with Crippen LogP contribution in [0.1, 0.15) is 0 Å². The zero-order valence-electron chi connectivity index (χ0n) is 21.4. The molecule has 1 aliphatic rings. The molecular weight excluding hydrogens is 526 g/mol. The van der Waals surface area contributed by atoms with Gasteiger partial charge >= 0.3 is 0 Å². The number of benzene rings is 5. The highest BCUT2D eigenvalue weighted by atomic mass is 35.5. The minimum atomic E-state index is -3.83. The van der Waals surface area contributed by atoms with E-state index in [-0.39, 0.29) is 17.3 Å². The molecule has 1 fully saturated rings. The minimum Gasteiger partial charge on any atom is -0.368 e. The molecule has 5 nitrogen and oxygen atoms in total. The summed E-state index contributed by atoms with van der Waals surface area (Å²) in [5.74, 6) is 0. The summed E-state index contributed by atoms with van der Waals surface area (Å²) in [6.07, 6.45) is 0. The van der Waals surface area contributed by atoms with E-state index in [0.29, 0.717) is 5.69 Å². The van der Waals surface area contributed by atoms with Gasteiger partial charge in [0, 0.05) is 48.3 Å². The maximum atomic E-state index is 13.7. The molecule has 2 N–H and O–H groups in total. The fourth-order valence-corrected chi connectivity index (χ4v) is 6.50. The molecule has 7 heteroatoms. The number of hydrogen-bond donors (Lipinski definition) is 2. The number of halogens is 1. The average Bonchev–Trinajstić information content (AvgIpc) is 2.97. The van der Waals surface area contributed by atoms with Gasteiger partial charge in [-0.25, -0.2) is 8.42 Å². The van der Waals surface area contributed by atoms with E-state index < -0.39 is 10.0 Å². The van der Waals surface area contributed by atoms with E-state index in [0.717, 1.165) is 64.9 Å². The summed E-state index contributed by atoms with van der Waals surface area (Å²) < 4.78 is 30.3. The number of nitrogens with one attached hydrogen (secondary N) is 2. The number of anilines is 2. The van der Waals surface area contributed by atoms with Gasteiger partial charge < -0.3 is 10.2 Å². The van der Waals surface area contributed by atoms with Gasteiger partial charge in [-0.2, -0.15) is 0 Å². The van der Waals surface area contributed by atoms with Gasteiger partial charge in [-0.05, 0) is 46.5 Å². The normalized spacial score (nSPS) is 13.6. The first-order valence-corrected chi connectivity index (χ1v) is 14.3. The lowest BCUT2D eigenvalue weighted by Crippen LogP contribution is -2.43. The molecule has 0 amide bonds. The second-order valence-corrected chi connectivity index (χ2v) is 11.1. The maximum Gasteiger partial charge on any atom is 0.262 e. The summed E-state index contributed by atoms with van der Waals surface area (Å²) in [5.41, 5.74) is 5.81. The number of piperazine rings is 1. The molecule has 0 aromatic heterocycles. The summed E-state index contributed by atoms with van der Waals surface area (Å²) in [6.45, 7) is 3.62. The summed E-state index contributed by atoms with van der Waals surface area (Å²) in [7, 11) is -3.83. The second kappa shape index (κ2) is 11.5. The van der Waals surface area contributed by atoms with Crippen molar-refractivity contribution < 1.29 is 8.42 Å². The molecule has 1 saturated heterocycles. The lowest BCUT2D eigenvalue weighted by molar-refractivity contribution is 0.590. The molecule has 39 heavy (non-hydrogen) atoms. The molecule has 0 unspecified atom stereocenters. The van der Waals surface area contributed by atoms with Crippen LogP contribution in [0.2, 0.25) is 0 Å². The Morgan fingerprint density at radius 1 is 0.641 bits per heavy atom. The molecule has 1 heterocycles. The Balaban J connectivity index is 0.00000308. The van der Waals surface area contributed by atoms with Crippen LogP contribution in [0.25, 0.3) is 33.0 Å². The minimum absolute atomic E-state index is 0. The molecule has 0 aliphatic carbocycles. The average molecular weight is 556 g/mol. The maximum absolute atomic E-state index is 13.7. The van der Waals surface area contributed by atoms with Crippen LogP contribution in [0.4, 0.5) is 11.4 Å². The van der Waals surface area contributed by atoms with E-state index in [1.165, 1.54) is 0 Å². The fourth-order valence-electron chi connectivity index (χ4n) is 5.24. The van der Waals surface area contributed by atoms with E-state index in [1.54, 1.807) is 12.1 Å². The quantitative estimate of drug-likeness (QED) is 0.242. The van der Waals surface area contributed by atoms with Crippen LogP contribution in [0.15, 0.2) is 120 Å². The first-order valence-electron chi connectivity index (χ1n) is 12.9. The van der Waals surface area contributed by atoms with Crippen LogP contribution < -0.4 is 14.9 Å². The number of nitrogens with zero attached hydrogens (tertiary/aromatic N) is 1. The second-order valence-electron chi connectivity index (χ2n) is 9.46. The summed E-state index contributed by atoms with van der Waals surface area (Å²) in [4.78, 5) is 2.60. The molecule has 0 bridgehead atoms. The SMILES string of the molecule is Cl.O=S(=O)(Nc1cccc(-c2ccccc2-c2ccccc2)c1)c1ccc(N2CCNCC2)c2ccccc12. The van der Waals surface area contributed by atoms with Crippen molar-refractivity contribution in [3.8, 4) is 22.3 Å². The fraction of sp³-hybridized carbons (Fsp3) is 0.125. The summed E-state index contributed by atoms with van der Waals surface area (Å²) in [5, 5.41) is 5.05. The van der Waals surface area contributed by atoms with Gasteiger partial charge in [-0.15, -0.1) is 12.4 Å². The van der Waals surface area contributed by atoms with Crippen molar-refractivity contribution >= 4 is 44.6 Å². The van der Waals surface area contributed by atoms with Gasteiger partial charge in [-0.3, -0.25) is 4.72 Å². The first-order chi connectivity index (χ1) is 18.6. The van der Waals surface area contributed by atoms with Gasteiger partial charge in [0.25, 0.3) is 10.0 Å². The van der Waals surface area contributed by atoms with Crippen molar-refractivity contribution in [1.29, 1.82) is 0 Å². The first kappa shape index (κ1) is 26.8. The van der Waals surface area contributed by atoms with Crippen molar-refractivity contribution in [2.24, 2.45) is 0 Å². The summed E-state index contributed by atoms with van der Waals surface area (Å²) >= 11 is 0. The lowest BCUT2D eigenvalue weighted by Gasteiger charge is -2.30. The van der Waals surface area contributed by atoms with Gasteiger partial charge in [-0.1, -0.05) is 91.0 Å². The molecule has 5 aromatic carbocycles. The van der Waals surface area contributed by atoms with E-state index in [4.69, 9.17) is 0 Å². The van der Waals surface area contributed by atoms with Crippen LogP contribution in [-0.2, 0) is 10.0 Å². The molecule has 0 radical (unpaired) electrons.